The van der Waals surface area contributed by atoms with Crippen LogP contribution in [0.25, 0.3) is 0 Å². The van der Waals surface area contributed by atoms with Crippen LogP contribution in [0.5, 0.6) is 0 Å². The minimum Gasteiger partial charge on any atom is -0.388 e. The van der Waals surface area contributed by atoms with E-state index in [0.29, 0.717) is 10.9 Å². The van der Waals surface area contributed by atoms with E-state index in [1.54, 1.807) is 12.4 Å². The Bertz CT molecular complexity index is 369. The van der Waals surface area contributed by atoms with Crippen LogP contribution in [0.3, 0.4) is 0 Å². The first-order valence-electron chi connectivity index (χ1n) is 6.49. The largest absolute Gasteiger partial charge is 0.388 e. The number of nitrogens with zero attached hydrogens (tertiary/aromatic N) is 1. The summed E-state index contributed by atoms with van der Waals surface area (Å²) in [5.74, 6) is 1.12. The molecule has 0 spiro atoms. The van der Waals surface area contributed by atoms with Crippen molar-refractivity contribution in [3.8, 4) is 0 Å². The zero-order valence-corrected chi connectivity index (χ0v) is 11.0. The zero-order chi connectivity index (χ0) is 12.3. The maximum atomic E-state index is 10.4. The topological polar surface area (TPSA) is 33.1 Å². The molecule has 1 fully saturated rings. The summed E-state index contributed by atoms with van der Waals surface area (Å²) in [6.07, 6.45) is 8.86. The van der Waals surface area contributed by atoms with Gasteiger partial charge in [-0.15, -0.1) is 0 Å². The lowest BCUT2D eigenvalue weighted by molar-refractivity contribution is 0.0678. The first-order chi connectivity index (χ1) is 8.22. The van der Waals surface area contributed by atoms with Gasteiger partial charge in [0, 0.05) is 18.0 Å². The molecule has 0 saturated heterocycles. The molecule has 1 saturated carbocycles. The van der Waals surface area contributed by atoms with Crippen LogP contribution in [0.1, 0.15) is 50.7 Å². The number of aliphatic hydroxyl groups excluding tert-OH is 1. The highest BCUT2D eigenvalue weighted by atomic mass is 35.5. The van der Waals surface area contributed by atoms with Gasteiger partial charge in [-0.3, -0.25) is 4.98 Å². The fourth-order valence-corrected chi connectivity index (χ4v) is 3.10. The Morgan fingerprint density at radius 3 is 3.06 bits per heavy atom. The number of aromatic nitrogens is 1. The summed E-state index contributed by atoms with van der Waals surface area (Å²) in [4.78, 5) is 3.96. The van der Waals surface area contributed by atoms with Crippen LogP contribution < -0.4 is 0 Å². The Kier molecular flexibility index (Phi) is 4.41. The van der Waals surface area contributed by atoms with E-state index in [1.807, 2.05) is 6.07 Å². The van der Waals surface area contributed by atoms with Gasteiger partial charge in [0.15, 0.2) is 0 Å². The van der Waals surface area contributed by atoms with Crippen molar-refractivity contribution in [2.45, 2.75) is 45.1 Å². The minimum atomic E-state index is -0.431. The Hall–Kier alpha value is -0.600. The monoisotopic (exact) mass is 253 g/mol. The highest BCUT2D eigenvalue weighted by Gasteiger charge is 2.28. The SMILES string of the molecule is CCC1CCCC(C(O)c2ccncc2Cl)C1. The molecule has 1 heterocycles. The smallest absolute Gasteiger partial charge is 0.0833 e. The molecule has 94 valence electrons. The lowest BCUT2D eigenvalue weighted by atomic mass is 9.76. The summed E-state index contributed by atoms with van der Waals surface area (Å²) in [5, 5.41) is 11.0. The molecule has 0 amide bonds. The van der Waals surface area contributed by atoms with Crippen molar-refractivity contribution in [1.82, 2.24) is 4.98 Å². The van der Waals surface area contributed by atoms with Crippen molar-refractivity contribution in [2.24, 2.45) is 11.8 Å². The maximum absolute atomic E-state index is 10.4. The van der Waals surface area contributed by atoms with Gasteiger partial charge < -0.3 is 5.11 Å². The summed E-state index contributed by atoms with van der Waals surface area (Å²) < 4.78 is 0. The van der Waals surface area contributed by atoms with E-state index in [0.717, 1.165) is 24.3 Å². The molecule has 0 aromatic carbocycles. The van der Waals surface area contributed by atoms with Crippen LogP contribution in [0.15, 0.2) is 18.5 Å². The molecule has 1 aliphatic rings. The third-order valence-corrected chi connectivity index (χ3v) is 4.29. The Labute approximate surface area is 108 Å². The van der Waals surface area contributed by atoms with Gasteiger partial charge in [0.05, 0.1) is 11.1 Å². The van der Waals surface area contributed by atoms with Gasteiger partial charge in [-0.1, -0.05) is 37.8 Å². The molecule has 1 aromatic heterocycles. The third kappa shape index (κ3) is 2.99. The highest BCUT2D eigenvalue weighted by molar-refractivity contribution is 6.31. The predicted octanol–water partition coefficient (Wildman–Crippen LogP) is 3.98. The first kappa shape index (κ1) is 12.8. The lowest BCUT2D eigenvalue weighted by Crippen LogP contribution is -2.21. The van der Waals surface area contributed by atoms with Crippen molar-refractivity contribution >= 4 is 11.6 Å². The van der Waals surface area contributed by atoms with Crippen molar-refractivity contribution < 1.29 is 5.11 Å². The van der Waals surface area contributed by atoms with Gasteiger partial charge in [0.1, 0.15) is 0 Å². The van der Waals surface area contributed by atoms with E-state index in [2.05, 4.69) is 11.9 Å². The molecule has 17 heavy (non-hydrogen) atoms. The van der Waals surface area contributed by atoms with Gasteiger partial charge in [-0.2, -0.15) is 0 Å². The Morgan fingerprint density at radius 2 is 2.35 bits per heavy atom. The minimum absolute atomic E-state index is 0.355. The maximum Gasteiger partial charge on any atom is 0.0833 e. The van der Waals surface area contributed by atoms with Crippen LogP contribution in [-0.4, -0.2) is 10.1 Å². The quantitative estimate of drug-likeness (QED) is 0.884. The summed E-state index contributed by atoms with van der Waals surface area (Å²) in [5.41, 5.74) is 0.836. The molecular formula is C14H20ClNO. The highest BCUT2D eigenvalue weighted by Crippen LogP contribution is 2.39. The Balaban J connectivity index is 2.09. The second kappa shape index (κ2) is 5.83. The summed E-state index contributed by atoms with van der Waals surface area (Å²) in [6, 6.07) is 1.84. The molecule has 3 unspecified atom stereocenters. The van der Waals surface area contributed by atoms with Crippen molar-refractivity contribution in [1.29, 1.82) is 0 Å². The van der Waals surface area contributed by atoms with Gasteiger partial charge in [-0.25, -0.2) is 0 Å². The van der Waals surface area contributed by atoms with E-state index in [-0.39, 0.29) is 0 Å². The zero-order valence-electron chi connectivity index (χ0n) is 10.3. The lowest BCUT2D eigenvalue weighted by Gasteiger charge is -2.32. The summed E-state index contributed by atoms with van der Waals surface area (Å²) in [6.45, 7) is 2.23. The van der Waals surface area contributed by atoms with Crippen LogP contribution in [0.2, 0.25) is 5.02 Å². The van der Waals surface area contributed by atoms with Crippen molar-refractivity contribution in [3.05, 3.63) is 29.0 Å². The molecule has 2 nitrogen and oxygen atoms in total. The summed E-state index contributed by atoms with van der Waals surface area (Å²) in [7, 11) is 0. The van der Waals surface area contributed by atoms with Crippen LogP contribution in [0.4, 0.5) is 0 Å². The van der Waals surface area contributed by atoms with Crippen molar-refractivity contribution in [2.75, 3.05) is 0 Å². The van der Waals surface area contributed by atoms with Gasteiger partial charge >= 0.3 is 0 Å². The first-order valence-corrected chi connectivity index (χ1v) is 6.87. The van der Waals surface area contributed by atoms with Crippen LogP contribution in [0, 0.1) is 11.8 Å². The molecule has 2 rings (SSSR count). The molecular weight excluding hydrogens is 234 g/mol. The molecule has 3 atom stereocenters. The molecule has 3 heteroatoms. The molecule has 1 aromatic rings. The summed E-state index contributed by atoms with van der Waals surface area (Å²) >= 11 is 6.09. The number of hydrogen-bond donors (Lipinski definition) is 1. The Morgan fingerprint density at radius 1 is 1.53 bits per heavy atom. The molecule has 1 N–H and O–H groups in total. The van der Waals surface area contributed by atoms with Gasteiger partial charge in [0.2, 0.25) is 0 Å². The van der Waals surface area contributed by atoms with E-state index >= 15 is 0 Å². The molecule has 0 aliphatic heterocycles. The second-order valence-electron chi connectivity index (χ2n) is 5.04. The fraction of sp³-hybridized carbons (Fsp3) is 0.643. The molecule has 0 bridgehead atoms. The number of rotatable bonds is 3. The number of aliphatic hydroxyl groups is 1. The van der Waals surface area contributed by atoms with Gasteiger partial charge in [-0.05, 0) is 30.7 Å². The fourth-order valence-electron chi connectivity index (χ4n) is 2.87. The van der Waals surface area contributed by atoms with Gasteiger partial charge in [0.25, 0.3) is 0 Å². The average molecular weight is 254 g/mol. The third-order valence-electron chi connectivity index (χ3n) is 3.97. The number of halogens is 1. The number of pyridine rings is 1. The normalized spacial score (nSPS) is 26.8. The predicted molar refractivity (Wildman–Crippen MR) is 69.9 cm³/mol. The van der Waals surface area contributed by atoms with E-state index in [1.165, 1.54) is 19.3 Å². The van der Waals surface area contributed by atoms with Crippen LogP contribution in [-0.2, 0) is 0 Å². The second-order valence-corrected chi connectivity index (χ2v) is 5.45. The van der Waals surface area contributed by atoms with E-state index in [4.69, 9.17) is 11.6 Å². The number of hydrogen-bond acceptors (Lipinski definition) is 2. The average Bonchev–Trinajstić information content (AvgIpc) is 2.38. The van der Waals surface area contributed by atoms with Crippen LogP contribution >= 0.6 is 11.6 Å². The van der Waals surface area contributed by atoms with E-state index in [9.17, 15) is 5.11 Å². The standard InChI is InChI=1S/C14H20ClNO/c1-2-10-4-3-5-11(8-10)14(17)12-6-7-16-9-13(12)15/h6-7,9-11,14,17H,2-5,8H2,1H3. The van der Waals surface area contributed by atoms with E-state index < -0.39 is 6.10 Å². The molecule has 1 aliphatic carbocycles. The van der Waals surface area contributed by atoms with Crippen molar-refractivity contribution in [3.63, 3.8) is 0 Å². The molecule has 0 radical (unpaired) electrons.